The summed E-state index contributed by atoms with van der Waals surface area (Å²) < 4.78 is 23.5. The predicted molar refractivity (Wildman–Crippen MR) is 199 cm³/mol. The molecule has 5 bridgehead atoms. The van der Waals surface area contributed by atoms with E-state index in [1.54, 1.807) is 44.7 Å². The van der Waals surface area contributed by atoms with Crippen molar-refractivity contribution in [3.63, 3.8) is 0 Å². The second-order valence-corrected chi connectivity index (χ2v) is 15.2. The van der Waals surface area contributed by atoms with E-state index in [1.165, 1.54) is 53.2 Å². The largest absolute Gasteiger partial charge is 0.507 e. The van der Waals surface area contributed by atoms with Crippen molar-refractivity contribution in [1.82, 2.24) is 10.2 Å². The number of esters is 1. The van der Waals surface area contributed by atoms with Crippen molar-refractivity contribution >= 4 is 29.2 Å². The number of aliphatic hydroxyl groups excluding tert-OH is 2. The lowest BCUT2D eigenvalue weighted by Crippen LogP contribution is -2.46. The van der Waals surface area contributed by atoms with Gasteiger partial charge in [-0.2, -0.15) is 0 Å². The molecule has 1 saturated heterocycles. The molecule has 1 aliphatic carbocycles. The van der Waals surface area contributed by atoms with E-state index in [0.717, 1.165) is 12.8 Å². The number of benzene rings is 1. The summed E-state index contributed by atoms with van der Waals surface area (Å²) in [5.74, 6) is -8.84. The van der Waals surface area contributed by atoms with Gasteiger partial charge in [0, 0.05) is 68.9 Å². The van der Waals surface area contributed by atoms with Crippen molar-refractivity contribution in [3.05, 3.63) is 69.8 Å². The van der Waals surface area contributed by atoms with E-state index in [2.05, 4.69) is 5.32 Å². The Morgan fingerprint density at radius 3 is 2.20 bits per heavy atom. The summed E-state index contributed by atoms with van der Waals surface area (Å²) in [5, 5.41) is 36.8. The van der Waals surface area contributed by atoms with Gasteiger partial charge >= 0.3 is 11.8 Å². The molecule has 14 heteroatoms. The van der Waals surface area contributed by atoms with Gasteiger partial charge in [-0.05, 0) is 32.8 Å². The summed E-state index contributed by atoms with van der Waals surface area (Å²) in [6, 6.07) is 0. The molecule has 0 aromatic heterocycles. The third kappa shape index (κ3) is 7.59. The molecule has 4 heterocycles. The van der Waals surface area contributed by atoms with Gasteiger partial charge in [0.05, 0.1) is 41.3 Å². The van der Waals surface area contributed by atoms with E-state index in [4.69, 9.17) is 18.9 Å². The number of methoxy groups -OCH3 is 1. The highest BCUT2D eigenvalue weighted by Crippen LogP contribution is 2.49. The standard InChI is InChI=1S/C41H52N2O12/c1-19-13-12-14-20(2)40(51)42-30-31(43-16-10-11-17-43)36(49)27-28(35(30)48)34(47)24(6)38-29(27)39(50)41(8,55-38)53-18-15-26(52-9)21(3)37(54-25(7)44)23(5)33(46)22(4)32(19)45/h12-15,18-19,21-23,26,32-33,37,45-47H,10-11,16-17H2,1-9H3,(H,42,51)/b13-12+,18-15+,20-14-/t19-,21+,22+,23-,26-,32-,33-,37+,41-/m0/s1. The van der Waals surface area contributed by atoms with E-state index < -0.39 is 94.4 Å². The van der Waals surface area contributed by atoms with Crippen LogP contribution in [0.3, 0.4) is 0 Å². The number of likely N-dealkylation sites (tertiary alicyclic amines) is 1. The van der Waals surface area contributed by atoms with Crippen molar-refractivity contribution in [2.45, 2.75) is 98.4 Å². The Labute approximate surface area is 320 Å². The molecule has 0 radical (unpaired) electrons. The summed E-state index contributed by atoms with van der Waals surface area (Å²) >= 11 is 0. The molecular formula is C41H52N2O12. The Kier molecular flexibility index (Phi) is 12.1. The molecule has 4 aliphatic heterocycles. The molecule has 1 aromatic carbocycles. The first-order valence-electron chi connectivity index (χ1n) is 18.6. The van der Waals surface area contributed by atoms with Gasteiger partial charge in [0.15, 0.2) is 0 Å². The van der Waals surface area contributed by atoms with Gasteiger partial charge < -0.3 is 44.5 Å². The Morgan fingerprint density at radius 1 is 0.927 bits per heavy atom. The van der Waals surface area contributed by atoms with E-state index >= 15 is 0 Å². The van der Waals surface area contributed by atoms with Crippen LogP contribution in [0.2, 0.25) is 0 Å². The summed E-state index contributed by atoms with van der Waals surface area (Å²) in [4.78, 5) is 70.8. The van der Waals surface area contributed by atoms with E-state index in [1.807, 2.05) is 0 Å². The normalized spacial score (nSPS) is 34.1. The van der Waals surface area contributed by atoms with Crippen molar-refractivity contribution in [2.75, 3.05) is 20.2 Å². The number of carbonyl (C=O) groups is 5. The predicted octanol–water partition coefficient (Wildman–Crippen LogP) is 4.05. The van der Waals surface area contributed by atoms with Crippen molar-refractivity contribution < 1.29 is 58.2 Å². The highest BCUT2D eigenvalue weighted by Gasteiger charge is 2.53. The molecule has 1 fully saturated rings. The Balaban J connectivity index is 1.66. The number of amides is 1. The summed E-state index contributed by atoms with van der Waals surface area (Å²) in [5.41, 5.74) is -1.21. The molecule has 9 atom stereocenters. The van der Waals surface area contributed by atoms with Gasteiger partial charge in [0.1, 0.15) is 29.0 Å². The summed E-state index contributed by atoms with van der Waals surface area (Å²) in [7, 11) is 1.43. The number of allylic oxidation sites excluding steroid dienone is 4. The van der Waals surface area contributed by atoms with Gasteiger partial charge in [-0.15, -0.1) is 0 Å². The number of hydrogen-bond donors (Lipinski definition) is 4. The molecule has 5 aliphatic rings. The minimum Gasteiger partial charge on any atom is -0.507 e. The fourth-order valence-corrected chi connectivity index (χ4v) is 7.92. The number of phenols is 1. The first-order valence-corrected chi connectivity index (χ1v) is 18.6. The van der Waals surface area contributed by atoms with Crippen LogP contribution in [0.1, 0.15) is 97.9 Å². The second-order valence-electron chi connectivity index (χ2n) is 15.2. The maximum Gasteiger partial charge on any atom is 0.312 e. The third-order valence-corrected chi connectivity index (χ3v) is 11.4. The number of aliphatic hydroxyl groups is 2. The Hall–Kier alpha value is -4.79. The maximum absolute atomic E-state index is 14.6. The maximum atomic E-state index is 14.6. The van der Waals surface area contributed by atoms with Gasteiger partial charge in [0.25, 0.3) is 11.7 Å². The number of phenolic OH excluding ortho intramolecular Hbond substituents is 1. The minimum absolute atomic E-state index is 0.0206. The number of aromatic hydroxyl groups is 1. The lowest BCUT2D eigenvalue weighted by Gasteiger charge is -2.38. The summed E-state index contributed by atoms with van der Waals surface area (Å²) in [6.07, 6.45) is 4.98. The van der Waals surface area contributed by atoms with Gasteiger partial charge in [0.2, 0.25) is 11.6 Å². The van der Waals surface area contributed by atoms with Crippen LogP contribution in [0.25, 0.3) is 0 Å². The van der Waals surface area contributed by atoms with Gasteiger partial charge in [-0.25, -0.2) is 0 Å². The van der Waals surface area contributed by atoms with Crippen LogP contribution >= 0.6 is 0 Å². The van der Waals surface area contributed by atoms with Gasteiger partial charge in [-0.1, -0.05) is 45.9 Å². The molecule has 0 saturated carbocycles. The smallest absolute Gasteiger partial charge is 0.312 e. The number of nitrogens with zero attached hydrogens (tertiary/aromatic N) is 1. The zero-order valence-electron chi connectivity index (χ0n) is 32.8. The second kappa shape index (κ2) is 16.1. The quantitative estimate of drug-likeness (QED) is 0.322. The van der Waals surface area contributed by atoms with Crippen molar-refractivity contribution in [2.24, 2.45) is 23.7 Å². The van der Waals surface area contributed by atoms with Crippen LogP contribution in [0.15, 0.2) is 47.5 Å². The number of carbonyl (C=O) groups excluding carboxylic acids is 5. The summed E-state index contributed by atoms with van der Waals surface area (Å²) in [6.45, 7) is 13.3. The number of ketones is 3. The molecule has 0 unspecified atom stereocenters. The molecule has 1 aromatic rings. The van der Waals surface area contributed by atoms with Crippen molar-refractivity contribution in [3.8, 4) is 11.5 Å². The lowest BCUT2D eigenvalue weighted by molar-refractivity contribution is -0.160. The van der Waals surface area contributed by atoms with Crippen molar-refractivity contribution in [1.29, 1.82) is 0 Å². The average Bonchev–Trinajstić information content (AvgIpc) is 3.77. The Morgan fingerprint density at radius 2 is 1.58 bits per heavy atom. The van der Waals surface area contributed by atoms with Crippen LogP contribution in [-0.2, 0) is 23.8 Å². The Bertz CT molecular complexity index is 1890. The van der Waals surface area contributed by atoms with Crippen LogP contribution in [-0.4, -0.2) is 99.8 Å². The fourth-order valence-electron chi connectivity index (χ4n) is 7.92. The number of hydrogen-bond acceptors (Lipinski definition) is 13. The highest BCUT2D eigenvalue weighted by molar-refractivity contribution is 6.32. The monoisotopic (exact) mass is 764 g/mol. The molecular weight excluding hydrogens is 712 g/mol. The number of ether oxygens (including phenoxy) is 4. The molecule has 1 amide bonds. The highest BCUT2D eigenvalue weighted by atomic mass is 16.7. The SMILES string of the molecule is CO[C@H]1/C=C/O[C@@]2(C)Oc3c(C)c(O)c4c(c3C2=O)C(=O)C(N2CCCC2)=C(NC(=O)/C(C)=C\C=C\[C@H](C)[C@H](O)[C@@H](C)[C@H](O)[C@H](C)[C@H](OC(C)=O)[C@@H]1C)C4=O. The van der Waals surface area contributed by atoms with E-state index in [9.17, 15) is 39.3 Å². The van der Waals surface area contributed by atoms with E-state index in [-0.39, 0.29) is 39.4 Å². The first kappa shape index (κ1) is 41.4. The number of fused-ring (bicyclic) bond motifs is 14. The number of nitrogens with one attached hydrogen (secondary N) is 1. The number of Topliss-reactive ketones (excluding diaryl/α,β-unsaturated/α-hetero) is 3. The topological polar surface area (TPSA) is 198 Å². The molecule has 55 heavy (non-hydrogen) atoms. The molecule has 4 N–H and O–H groups in total. The third-order valence-electron chi connectivity index (χ3n) is 11.4. The van der Waals surface area contributed by atoms with E-state index in [0.29, 0.717) is 13.1 Å². The van der Waals surface area contributed by atoms with Gasteiger partial charge in [-0.3, -0.25) is 24.0 Å². The van der Waals surface area contributed by atoms with Crippen LogP contribution < -0.4 is 10.1 Å². The first-order chi connectivity index (χ1) is 25.9. The number of rotatable bonds is 3. The van der Waals surface area contributed by atoms with Crippen LogP contribution in [0, 0.1) is 30.6 Å². The van der Waals surface area contributed by atoms with Crippen LogP contribution in [0.4, 0.5) is 0 Å². The zero-order valence-corrected chi connectivity index (χ0v) is 32.8. The average molecular weight is 765 g/mol. The lowest BCUT2D eigenvalue weighted by atomic mass is 9.78. The molecule has 6 rings (SSSR count). The zero-order chi connectivity index (χ0) is 40.7. The molecule has 14 nitrogen and oxygen atoms in total. The van der Waals surface area contributed by atoms with Crippen LogP contribution in [0.5, 0.6) is 11.5 Å². The minimum atomic E-state index is -2.05. The molecule has 298 valence electrons. The fraction of sp³-hybridized carbons (Fsp3) is 0.537. The molecule has 0 spiro atoms.